The Balaban J connectivity index is 2.12. The van der Waals surface area contributed by atoms with E-state index in [-0.39, 0.29) is 12.6 Å². The minimum atomic E-state index is -0.364. The largest absolute Gasteiger partial charge is 0.493 e. The molecular weight excluding hydrogens is 356 g/mol. The zero-order valence-electron chi connectivity index (χ0n) is 17.4. The summed E-state index contributed by atoms with van der Waals surface area (Å²) in [5.74, 6) is 0.868. The maximum Gasteiger partial charge on any atom is 0.338 e. The van der Waals surface area contributed by atoms with Gasteiger partial charge in [0.2, 0.25) is 0 Å². The molecule has 0 spiro atoms. The Morgan fingerprint density at radius 1 is 1.07 bits per heavy atom. The first-order valence-electron chi connectivity index (χ1n) is 9.13. The number of hydrogen-bond acceptors (Lipinski definition) is 5. The smallest absolute Gasteiger partial charge is 0.338 e. The van der Waals surface area contributed by atoms with Crippen LogP contribution >= 0.6 is 0 Å². The van der Waals surface area contributed by atoms with Gasteiger partial charge in [0.05, 0.1) is 31.8 Å². The highest BCUT2D eigenvalue weighted by molar-refractivity contribution is 5.92. The number of rotatable bonds is 8. The van der Waals surface area contributed by atoms with Crippen molar-refractivity contribution in [2.24, 2.45) is 4.99 Å². The Labute approximate surface area is 166 Å². The standard InChI is InChI=1S/C22H28N2O4/c1-7-24(4)14-23-19-11-15(2)18(10-16(19)3)22(25)28-13-17-8-9-20(26-5)21(12-17)27-6/h8-12,14H,7,13H2,1-6H3/b23-14+. The highest BCUT2D eigenvalue weighted by Crippen LogP contribution is 2.28. The van der Waals surface area contributed by atoms with E-state index in [1.807, 2.05) is 44.0 Å². The van der Waals surface area contributed by atoms with Crippen LogP contribution in [0, 0.1) is 13.8 Å². The fourth-order valence-corrected chi connectivity index (χ4v) is 2.60. The lowest BCUT2D eigenvalue weighted by Gasteiger charge is -2.12. The molecule has 0 aliphatic heterocycles. The summed E-state index contributed by atoms with van der Waals surface area (Å²) < 4.78 is 16.0. The van der Waals surface area contributed by atoms with Gasteiger partial charge in [-0.1, -0.05) is 6.07 Å². The third-order valence-electron chi connectivity index (χ3n) is 4.47. The second kappa shape index (κ2) is 9.78. The van der Waals surface area contributed by atoms with Crippen molar-refractivity contribution in [3.63, 3.8) is 0 Å². The van der Waals surface area contributed by atoms with Gasteiger partial charge in [0.15, 0.2) is 11.5 Å². The highest BCUT2D eigenvalue weighted by Gasteiger charge is 2.14. The normalized spacial score (nSPS) is 10.8. The van der Waals surface area contributed by atoms with Gasteiger partial charge in [-0.05, 0) is 61.7 Å². The van der Waals surface area contributed by atoms with Crippen molar-refractivity contribution in [1.29, 1.82) is 0 Å². The molecule has 0 amide bonds. The van der Waals surface area contributed by atoms with E-state index in [4.69, 9.17) is 14.2 Å². The average molecular weight is 384 g/mol. The molecule has 0 atom stereocenters. The van der Waals surface area contributed by atoms with Gasteiger partial charge >= 0.3 is 5.97 Å². The molecule has 2 aromatic carbocycles. The quantitative estimate of drug-likeness (QED) is 0.386. The monoisotopic (exact) mass is 384 g/mol. The Bertz CT molecular complexity index is 862. The van der Waals surface area contributed by atoms with Gasteiger partial charge in [-0.15, -0.1) is 0 Å². The summed E-state index contributed by atoms with van der Waals surface area (Å²) in [5.41, 5.74) is 3.96. The predicted molar refractivity (Wildman–Crippen MR) is 111 cm³/mol. The molecule has 0 aliphatic carbocycles. The summed E-state index contributed by atoms with van der Waals surface area (Å²) >= 11 is 0. The summed E-state index contributed by atoms with van der Waals surface area (Å²) in [5, 5.41) is 0. The highest BCUT2D eigenvalue weighted by atomic mass is 16.5. The van der Waals surface area contributed by atoms with Crippen molar-refractivity contribution in [2.45, 2.75) is 27.4 Å². The van der Waals surface area contributed by atoms with E-state index >= 15 is 0 Å². The molecule has 0 aromatic heterocycles. The number of carbonyl (C=O) groups is 1. The van der Waals surface area contributed by atoms with Gasteiger partial charge in [-0.25, -0.2) is 9.79 Å². The Morgan fingerprint density at radius 3 is 2.43 bits per heavy atom. The summed E-state index contributed by atoms with van der Waals surface area (Å²) in [6.07, 6.45) is 1.79. The van der Waals surface area contributed by atoms with Crippen LogP contribution in [0.1, 0.15) is 34.0 Å². The number of hydrogen-bond donors (Lipinski definition) is 0. The average Bonchev–Trinajstić information content (AvgIpc) is 2.71. The molecule has 0 N–H and O–H groups in total. The lowest BCUT2D eigenvalue weighted by atomic mass is 10.0. The second-order valence-corrected chi connectivity index (χ2v) is 6.54. The zero-order valence-corrected chi connectivity index (χ0v) is 17.4. The van der Waals surface area contributed by atoms with Crippen molar-refractivity contribution < 1.29 is 19.0 Å². The van der Waals surface area contributed by atoms with E-state index in [9.17, 15) is 4.79 Å². The summed E-state index contributed by atoms with van der Waals surface area (Å²) in [6, 6.07) is 9.16. The fourth-order valence-electron chi connectivity index (χ4n) is 2.60. The van der Waals surface area contributed by atoms with Crippen LogP contribution < -0.4 is 9.47 Å². The van der Waals surface area contributed by atoms with Gasteiger partial charge in [-0.3, -0.25) is 0 Å². The van der Waals surface area contributed by atoms with E-state index in [1.165, 1.54) is 0 Å². The molecule has 6 heteroatoms. The van der Waals surface area contributed by atoms with E-state index < -0.39 is 0 Å². The SMILES string of the molecule is CCN(C)/C=N/c1cc(C)c(C(=O)OCc2ccc(OC)c(OC)c2)cc1C. The third kappa shape index (κ3) is 5.25. The fraction of sp³-hybridized carbons (Fsp3) is 0.364. The lowest BCUT2D eigenvalue weighted by Crippen LogP contribution is -2.14. The molecular formula is C22H28N2O4. The number of benzene rings is 2. The predicted octanol–water partition coefficient (Wildman–Crippen LogP) is 4.29. The number of aryl methyl sites for hydroxylation is 2. The van der Waals surface area contributed by atoms with Crippen molar-refractivity contribution in [1.82, 2.24) is 4.90 Å². The van der Waals surface area contributed by atoms with E-state index in [0.29, 0.717) is 17.1 Å². The maximum atomic E-state index is 12.6. The second-order valence-electron chi connectivity index (χ2n) is 6.54. The molecule has 0 heterocycles. The van der Waals surface area contributed by atoms with Crippen LogP contribution in [0.15, 0.2) is 35.3 Å². The van der Waals surface area contributed by atoms with Crippen LogP contribution in [0.4, 0.5) is 5.69 Å². The maximum absolute atomic E-state index is 12.6. The number of aliphatic imine (C=N–C) groups is 1. The molecule has 0 radical (unpaired) electrons. The van der Waals surface area contributed by atoms with Gasteiger partial charge in [0.1, 0.15) is 6.61 Å². The molecule has 0 unspecified atom stereocenters. The van der Waals surface area contributed by atoms with Crippen LogP contribution in [-0.4, -0.2) is 45.0 Å². The molecule has 150 valence electrons. The number of carbonyl (C=O) groups excluding carboxylic acids is 1. The number of methoxy groups -OCH3 is 2. The summed E-state index contributed by atoms with van der Waals surface area (Å²) in [4.78, 5) is 19.0. The Kier molecular flexibility index (Phi) is 7.44. The van der Waals surface area contributed by atoms with Gasteiger partial charge in [0.25, 0.3) is 0 Å². The molecule has 6 nitrogen and oxygen atoms in total. The molecule has 0 bridgehead atoms. The van der Waals surface area contributed by atoms with Gasteiger partial charge in [0, 0.05) is 13.6 Å². The lowest BCUT2D eigenvalue weighted by molar-refractivity contribution is 0.0471. The van der Waals surface area contributed by atoms with Crippen molar-refractivity contribution in [3.8, 4) is 11.5 Å². The first kappa shape index (κ1) is 21.3. The van der Waals surface area contributed by atoms with E-state index in [1.54, 1.807) is 32.7 Å². The van der Waals surface area contributed by atoms with Crippen LogP contribution in [0.2, 0.25) is 0 Å². The molecule has 0 saturated heterocycles. The Hall–Kier alpha value is -3.02. The number of ether oxygens (including phenoxy) is 3. The molecule has 2 aromatic rings. The van der Waals surface area contributed by atoms with Crippen molar-refractivity contribution >= 4 is 18.0 Å². The topological polar surface area (TPSA) is 60.4 Å². The number of nitrogens with zero attached hydrogens (tertiary/aromatic N) is 2. The van der Waals surface area contributed by atoms with Crippen LogP contribution in [0.25, 0.3) is 0 Å². The van der Waals surface area contributed by atoms with Crippen molar-refractivity contribution in [3.05, 3.63) is 52.6 Å². The molecule has 2 rings (SSSR count). The molecule has 0 aliphatic rings. The van der Waals surface area contributed by atoms with E-state index in [0.717, 1.165) is 28.9 Å². The zero-order chi connectivity index (χ0) is 20.7. The summed E-state index contributed by atoms with van der Waals surface area (Å²) in [6.45, 7) is 6.90. The minimum Gasteiger partial charge on any atom is -0.493 e. The molecule has 0 fully saturated rings. The summed E-state index contributed by atoms with van der Waals surface area (Å²) in [7, 11) is 5.12. The molecule has 28 heavy (non-hydrogen) atoms. The molecule has 0 saturated carbocycles. The van der Waals surface area contributed by atoms with Gasteiger partial charge < -0.3 is 19.1 Å². The van der Waals surface area contributed by atoms with Gasteiger partial charge in [-0.2, -0.15) is 0 Å². The van der Waals surface area contributed by atoms with E-state index in [2.05, 4.69) is 11.9 Å². The van der Waals surface area contributed by atoms with Crippen molar-refractivity contribution in [2.75, 3.05) is 27.8 Å². The Morgan fingerprint density at radius 2 is 1.79 bits per heavy atom. The van der Waals surface area contributed by atoms with Crippen LogP contribution in [0.3, 0.4) is 0 Å². The third-order valence-corrected chi connectivity index (χ3v) is 4.47. The first-order valence-corrected chi connectivity index (χ1v) is 9.13. The minimum absolute atomic E-state index is 0.152. The first-order chi connectivity index (χ1) is 13.4. The number of esters is 1. The van der Waals surface area contributed by atoms with Crippen LogP contribution in [-0.2, 0) is 11.3 Å². The van der Waals surface area contributed by atoms with Crippen LogP contribution in [0.5, 0.6) is 11.5 Å².